The van der Waals surface area contributed by atoms with Crippen LogP contribution in [0.5, 0.6) is 5.75 Å². The summed E-state index contributed by atoms with van der Waals surface area (Å²) in [5.41, 5.74) is 5.07. The lowest BCUT2D eigenvalue weighted by Crippen LogP contribution is -2.37. The molecule has 0 saturated carbocycles. The number of ether oxygens (including phenoxy) is 2. The standard InChI is InChI=1S/C14H24N2O2/c1-5-6-13(18-4)14(16-15)11-9-10(2)7-8-12(11)17-3/h7-9,13-14,16H,5-6,15H2,1-4H3. The Morgan fingerprint density at radius 3 is 2.56 bits per heavy atom. The van der Waals surface area contributed by atoms with Crippen LogP contribution in [0.15, 0.2) is 18.2 Å². The first-order chi connectivity index (χ1) is 8.67. The molecule has 2 unspecified atom stereocenters. The van der Waals surface area contributed by atoms with Crippen molar-refractivity contribution in [2.45, 2.75) is 38.8 Å². The van der Waals surface area contributed by atoms with Crippen molar-refractivity contribution in [1.82, 2.24) is 5.43 Å². The number of benzene rings is 1. The lowest BCUT2D eigenvalue weighted by molar-refractivity contribution is 0.0598. The van der Waals surface area contributed by atoms with Crippen LogP contribution in [0.2, 0.25) is 0 Å². The summed E-state index contributed by atoms with van der Waals surface area (Å²) >= 11 is 0. The molecule has 102 valence electrons. The second-order valence-electron chi connectivity index (χ2n) is 4.45. The molecule has 2 atom stereocenters. The minimum atomic E-state index is -0.0650. The van der Waals surface area contributed by atoms with Crippen LogP contribution < -0.4 is 16.0 Å². The maximum Gasteiger partial charge on any atom is 0.123 e. The minimum absolute atomic E-state index is 0.0377. The van der Waals surface area contributed by atoms with Gasteiger partial charge in [-0.2, -0.15) is 0 Å². The molecule has 0 radical (unpaired) electrons. The van der Waals surface area contributed by atoms with Crippen molar-refractivity contribution < 1.29 is 9.47 Å². The summed E-state index contributed by atoms with van der Waals surface area (Å²) in [6.45, 7) is 4.19. The summed E-state index contributed by atoms with van der Waals surface area (Å²) in [7, 11) is 3.39. The van der Waals surface area contributed by atoms with E-state index in [1.54, 1.807) is 14.2 Å². The van der Waals surface area contributed by atoms with Gasteiger partial charge in [0.25, 0.3) is 0 Å². The molecule has 4 nitrogen and oxygen atoms in total. The zero-order chi connectivity index (χ0) is 13.5. The van der Waals surface area contributed by atoms with Gasteiger partial charge in [-0.1, -0.05) is 31.0 Å². The molecule has 1 aromatic carbocycles. The Balaban J connectivity index is 3.09. The van der Waals surface area contributed by atoms with Gasteiger partial charge in [-0.05, 0) is 19.4 Å². The van der Waals surface area contributed by atoms with Crippen LogP contribution in [-0.4, -0.2) is 20.3 Å². The Kier molecular flexibility index (Phi) is 6.12. The molecule has 0 aliphatic heterocycles. The smallest absolute Gasteiger partial charge is 0.123 e. The predicted molar refractivity (Wildman–Crippen MR) is 73.5 cm³/mol. The van der Waals surface area contributed by atoms with E-state index < -0.39 is 0 Å². The maximum absolute atomic E-state index is 5.70. The van der Waals surface area contributed by atoms with Gasteiger partial charge in [0.1, 0.15) is 5.75 Å². The minimum Gasteiger partial charge on any atom is -0.496 e. The van der Waals surface area contributed by atoms with Gasteiger partial charge in [0.2, 0.25) is 0 Å². The van der Waals surface area contributed by atoms with Gasteiger partial charge in [0.15, 0.2) is 0 Å². The number of hydrogen-bond acceptors (Lipinski definition) is 4. The molecule has 0 saturated heterocycles. The van der Waals surface area contributed by atoms with E-state index in [4.69, 9.17) is 15.3 Å². The van der Waals surface area contributed by atoms with E-state index in [0.717, 1.165) is 24.2 Å². The van der Waals surface area contributed by atoms with Gasteiger partial charge in [-0.3, -0.25) is 11.3 Å². The summed E-state index contributed by atoms with van der Waals surface area (Å²) in [4.78, 5) is 0. The van der Waals surface area contributed by atoms with E-state index in [1.807, 2.05) is 12.1 Å². The summed E-state index contributed by atoms with van der Waals surface area (Å²) in [5.74, 6) is 6.53. The molecule has 0 spiro atoms. The first-order valence-electron chi connectivity index (χ1n) is 6.31. The van der Waals surface area contributed by atoms with Crippen molar-refractivity contribution in [3.8, 4) is 5.75 Å². The second kappa shape index (κ2) is 7.36. The van der Waals surface area contributed by atoms with E-state index >= 15 is 0 Å². The molecule has 0 heterocycles. The van der Waals surface area contributed by atoms with Crippen molar-refractivity contribution in [3.05, 3.63) is 29.3 Å². The molecule has 0 aromatic heterocycles. The lowest BCUT2D eigenvalue weighted by Gasteiger charge is -2.27. The summed E-state index contributed by atoms with van der Waals surface area (Å²) in [6, 6.07) is 6.01. The molecule has 0 aliphatic rings. The van der Waals surface area contributed by atoms with Gasteiger partial charge >= 0.3 is 0 Å². The highest BCUT2D eigenvalue weighted by Crippen LogP contribution is 2.30. The summed E-state index contributed by atoms with van der Waals surface area (Å²) < 4.78 is 10.9. The van der Waals surface area contributed by atoms with Gasteiger partial charge in [0.05, 0.1) is 19.3 Å². The highest BCUT2D eigenvalue weighted by molar-refractivity contribution is 5.39. The Labute approximate surface area is 109 Å². The fourth-order valence-electron chi connectivity index (χ4n) is 2.20. The quantitative estimate of drug-likeness (QED) is 0.577. The molecular weight excluding hydrogens is 228 g/mol. The highest BCUT2D eigenvalue weighted by atomic mass is 16.5. The Morgan fingerprint density at radius 1 is 1.33 bits per heavy atom. The van der Waals surface area contributed by atoms with Crippen LogP contribution >= 0.6 is 0 Å². The maximum atomic E-state index is 5.70. The number of hydrazine groups is 1. The van der Waals surface area contributed by atoms with Crippen LogP contribution in [0.4, 0.5) is 0 Å². The Hall–Kier alpha value is -1.10. The number of aryl methyl sites for hydroxylation is 1. The third-order valence-corrected chi connectivity index (χ3v) is 3.15. The number of hydrogen-bond donors (Lipinski definition) is 2. The predicted octanol–water partition coefficient (Wildman–Crippen LogP) is 2.32. The third-order valence-electron chi connectivity index (χ3n) is 3.15. The van der Waals surface area contributed by atoms with Crippen molar-refractivity contribution in [2.24, 2.45) is 5.84 Å². The fourth-order valence-corrected chi connectivity index (χ4v) is 2.20. The van der Waals surface area contributed by atoms with Gasteiger partial charge in [-0.25, -0.2) is 0 Å². The van der Waals surface area contributed by atoms with Gasteiger partial charge in [0, 0.05) is 12.7 Å². The largest absolute Gasteiger partial charge is 0.496 e. The Morgan fingerprint density at radius 2 is 2.06 bits per heavy atom. The second-order valence-corrected chi connectivity index (χ2v) is 4.45. The van der Waals surface area contributed by atoms with Crippen LogP contribution in [0.25, 0.3) is 0 Å². The Bertz CT molecular complexity index is 369. The topological polar surface area (TPSA) is 56.5 Å². The molecule has 1 aromatic rings. The van der Waals surface area contributed by atoms with E-state index in [2.05, 4.69) is 25.3 Å². The zero-order valence-electron chi connectivity index (χ0n) is 11.7. The monoisotopic (exact) mass is 252 g/mol. The van der Waals surface area contributed by atoms with Crippen LogP contribution in [0.1, 0.15) is 36.9 Å². The van der Waals surface area contributed by atoms with Gasteiger partial charge in [-0.15, -0.1) is 0 Å². The average molecular weight is 252 g/mol. The molecule has 3 N–H and O–H groups in total. The highest BCUT2D eigenvalue weighted by Gasteiger charge is 2.24. The lowest BCUT2D eigenvalue weighted by atomic mass is 9.96. The molecular formula is C14H24N2O2. The van der Waals surface area contributed by atoms with E-state index in [0.29, 0.717) is 0 Å². The van der Waals surface area contributed by atoms with E-state index in [-0.39, 0.29) is 12.1 Å². The van der Waals surface area contributed by atoms with Crippen molar-refractivity contribution in [1.29, 1.82) is 0 Å². The number of methoxy groups -OCH3 is 2. The van der Waals surface area contributed by atoms with Crippen LogP contribution in [0.3, 0.4) is 0 Å². The van der Waals surface area contributed by atoms with Crippen LogP contribution in [-0.2, 0) is 4.74 Å². The van der Waals surface area contributed by atoms with Crippen LogP contribution in [0, 0.1) is 6.92 Å². The van der Waals surface area contributed by atoms with E-state index in [1.165, 1.54) is 5.56 Å². The molecule has 0 amide bonds. The van der Waals surface area contributed by atoms with Crippen molar-refractivity contribution in [2.75, 3.05) is 14.2 Å². The molecule has 18 heavy (non-hydrogen) atoms. The number of nitrogens with one attached hydrogen (secondary N) is 1. The molecule has 1 rings (SSSR count). The third kappa shape index (κ3) is 3.45. The molecule has 0 aliphatic carbocycles. The first-order valence-corrected chi connectivity index (χ1v) is 6.31. The summed E-state index contributed by atoms with van der Waals surface area (Å²) in [6.07, 6.45) is 2.03. The molecule has 0 fully saturated rings. The number of rotatable bonds is 7. The SMILES string of the molecule is CCCC(OC)C(NN)c1cc(C)ccc1OC. The van der Waals surface area contributed by atoms with E-state index in [9.17, 15) is 0 Å². The molecule has 0 bridgehead atoms. The van der Waals surface area contributed by atoms with Crippen molar-refractivity contribution >= 4 is 0 Å². The zero-order valence-corrected chi connectivity index (χ0v) is 11.7. The molecule has 4 heteroatoms. The first kappa shape index (κ1) is 15.0. The summed E-state index contributed by atoms with van der Waals surface area (Å²) in [5, 5.41) is 0. The normalized spacial score (nSPS) is 14.3. The fraction of sp³-hybridized carbons (Fsp3) is 0.571. The van der Waals surface area contributed by atoms with Crippen molar-refractivity contribution in [3.63, 3.8) is 0 Å². The van der Waals surface area contributed by atoms with Gasteiger partial charge < -0.3 is 9.47 Å². The number of nitrogens with two attached hydrogens (primary N) is 1. The average Bonchev–Trinajstić information content (AvgIpc) is 2.39.